The molecule has 9 heteroatoms. The van der Waals surface area contributed by atoms with E-state index in [-0.39, 0.29) is 5.43 Å². The molecule has 0 fully saturated rings. The molecule has 0 unspecified atom stereocenters. The Bertz CT molecular complexity index is 1450. The van der Waals surface area contributed by atoms with Gasteiger partial charge in [-0.1, -0.05) is 18.2 Å². The van der Waals surface area contributed by atoms with E-state index in [0.717, 1.165) is 28.1 Å². The van der Waals surface area contributed by atoms with Gasteiger partial charge in [0.25, 0.3) is 0 Å². The normalized spacial score (nSPS) is 11.1. The van der Waals surface area contributed by atoms with Crippen molar-refractivity contribution in [2.45, 2.75) is 6.42 Å². The van der Waals surface area contributed by atoms with Crippen molar-refractivity contribution in [3.8, 4) is 28.3 Å². The summed E-state index contributed by atoms with van der Waals surface area (Å²) in [5, 5.41) is 13.0. The number of hydrogen-bond donors (Lipinski definition) is 0. The van der Waals surface area contributed by atoms with Gasteiger partial charge in [0.15, 0.2) is 5.82 Å². The molecule has 0 aliphatic carbocycles. The van der Waals surface area contributed by atoms with E-state index in [1.54, 1.807) is 38.8 Å². The predicted octanol–water partition coefficient (Wildman–Crippen LogP) is 2.41. The van der Waals surface area contributed by atoms with Crippen molar-refractivity contribution < 1.29 is 0 Å². The van der Waals surface area contributed by atoms with Crippen LogP contribution in [0.5, 0.6) is 0 Å². The van der Waals surface area contributed by atoms with Gasteiger partial charge < -0.3 is 0 Å². The highest BCUT2D eigenvalue weighted by Gasteiger charge is 2.09. The van der Waals surface area contributed by atoms with Gasteiger partial charge in [-0.25, -0.2) is 14.6 Å². The maximum Gasteiger partial charge on any atom is 0.203 e. The third-order valence-electron chi connectivity index (χ3n) is 5.05. The van der Waals surface area contributed by atoms with E-state index >= 15 is 0 Å². The Balaban J connectivity index is 1.41. The van der Waals surface area contributed by atoms with Crippen molar-refractivity contribution in [1.29, 1.82) is 0 Å². The van der Waals surface area contributed by atoms with Crippen LogP contribution in [-0.4, -0.2) is 39.3 Å². The highest BCUT2D eigenvalue weighted by Crippen LogP contribution is 2.20. The third kappa shape index (κ3) is 3.95. The van der Waals surface area contributed by atoms with E-state index in [9.17, 15) is 4.79 Å². The van der Waals surface area contributed by atoms with Crippen LogP contribution in [-0.2, 0) is 20.5 Å². The van der Waals surface area contributed by atoms with Gasteiger partial charge in [0.1, 0.15) is 11.4 Å². The zero-order valence-corrected chi connectivity index (χ0v) is 17.6. The molecule has 4 aromatic heterocycles. The van der Waals surface area contributed by atoms with Crippen LogP contribution >= 0.6 is 0 Å². The van der Waals surface area contributed by atoms with Crippen molar-refractivity contribution >= 4 is 0 Å². The largest absolute Gasteiger partial charge is 0.288 e. The van der Waals surface area contributed by atoms with Crippen LogP contribution in [0.3, 0.4) is 0 Å². The number of rotatable bonds is 5. The first-order chi connectivity index (χ1) is 15.5. The third-order valence-corrected chi connectivity index (χ3v) is 5.05. The van der Waals surface area contributed by atoms with Gasteiger partial charge in [0, 0.05) is 62.5 Å². The smallest absolute Gasteiger partial charge is 0.203 e. The van der Waals surface area contributed by atoms with E-state index in [1.165, 1.54) is 6.07 Å². The first kappa shape index (κ1) is 19.6. The molecule has 1 aromatic carbocycles. The lowest BCUT2D eigenvalue weighted by molar-refractivity contribution is 0.762. The summed E-state index contributed by atoms with van der Waals surface area (Å²) in [6.07, 6.45) is 11.0. The van der Waals surface area contributed by atoms with Gasteiger partial charge >= 0.3 is 0 Å². The van der Waals surface area contributed by atoms with Crippen molar-refractivity contribution in [2.75, 3.05) is 0 Å². The fourth-order valence-electron chi connectivity index (χ4n) is 3.43. The lowest BCUT2D eigenvalue weighted by Gasteiger charge is -2.07. The monoisotopic (exact) mass is 424 g/mol. The van der Waals surface area contributed by atoms with Gasteiger partial charge in [-0.2, -0.15) is 15.3 Å². The molecule has 9 nitrogen and oxygen atoms in total. The lowest BCUT2D eigenvalue weighted by Crippen LogP contribution is -2.16. The Labute approximate surface area is 183 Å². The van der Waals surface area contributed by atoms with Crippen LogP contribution in [0.2, 0.25) is 0 Å². The second kappa shape index (κ2) is 8.03. The summed E-state index contributed by atoms with van der Waals surface area (Å²) >= 11 is 0. The quantitative estimate of drug-likeness (QED) is 0.430. The maximum absolute atomic E-state index is 12.4. The molecule has 0 aliphatic heterocycles. The van der Waals surface area contributed by atoms with Crippen molar-refractivity contribution in [2.24, 2.45) is 14.1 Å². The van der Waals surface area contributed by atoms with Gasteiger partial charge in [0.2, 0.25) is 5.43 Å². The molecule has 0 spiro atoms. The minimum Gasteiger partial charge on any atom is -0.288 e. The Kier molecular flexibility index (Phi) is 4.91. The summed E-state index contributed by atoms with van der Waals surface area (Å²) < 4.78 is 5.09. The highest BCUT2D eigenvalue weighted by molar-refractivity contribution is 5.61. The molecule has 4 heterocycles. The van der Waals surface area contributed by atoms with E-state index in [0.29, 0.717) is 17.9 Å². The summed E-state index contributed by atoms with van der Waals surface area (Å²) in [4.78, 5) is 21.4. The van der Waals surface area contributed by atoms with Crippen molar-refractivity contribution in [3.05, 3.63) is 95.1 Å². The Morgan fingerprint density at radius 3 is 2.44 bits per heavy atom. The average Bonchev–Trinajstić information content (AvgIpc) is 3.44. The van der Waals surface area contributed by atoms with Gasteiger partial charge in [-0.05, 0) is 17.7 Å². The first-order valence-electron chi connectivity index (χ1n) is 10.0. The number of hydrogen-bond acceptors (Lipinski definition) is 6. The Morgan fingerprint density at radius 1 is 0.875 bits per heavy atom. The van der Waals surface area contributed by atoms with Crippen molar-refractivity contribution in [3.63, 3.8) is 0 Å². The maximum atomic E-state index is 12.4. The van der Waals surface area contributed by atoms with Crippen molar-refractivity contribution in [1.82, 2.24) is 39.3 Å². The zero-order valence-electron chi connectivity index (χ0n) is 17.6. The highest BCUT2D eigenvalue weighted by atomic mass is 16.1. The average molecular weight is 424 g/mol. The molecule has 0 amide bonds. The van der Waals surface area contributed by atoms with E-state index < -0.39 is 0 Å². The van der Waals surface area contributed by atoms with Crippen LogP contribution in [0.1, 0.15) is 11.3 Å². The lowest BCUT2D eigenvalue weighted by atomic mass is 10.1. The first-order valence-corrected chi connectivity index (χ1v) is 10.0. The molecule has 0 atom stereocenters. The number of aromatic nitrogens is 8. The summed E-state index contributed by atoms with van der Waals surface area (Å²) in [5.74, 6) is 0.611. The van der Waals surface area contributed by atoms with Gasteiger partial charge in [0.05, 0.1) is 18.1 Å². The second-order valence-corrected chi connectivity index (χ2v) is 7.49. The van der Waals surface area contributed by atoms with E-state index in [1.807, 2.05) is 56.8 Å². The van der Waals surface area contributed by atoms with Gasteiger partial charge in [-0.3, -0.25) is 14.2 Å². The molecule has 5 aromatic rings. The number of aryl methyl sites for hydroxylation is 2. The molecule has 0 radical (unpaired) electrons. The van der Waals surface area contributed by atoms with Crippen LogP contribution < -0.4 is 5.43 Å². The van der Waals surface area contributed by atoms with Crippen LogP contribution in [0.15, 0.2) is 78.4 Å². The standard InChI is InChI=1S/C23H20N8O/c1-29-8-6-20(27-29)18-12-24-23(25-13-18)17-5-3-4-16(10-17)11-21-22(32)7-9-31(28-21)19-14-26-30(2)15-19/h3-10,12-15H,11H2,1-2H3. The summed E-state index contributed by atoms with van der Waals surface area (Å²) in [6, 6.07) is 11.3. The number of nitrogens with zero attached hydrogens (tertiary/aromatic N) is 8. The topological polar surface area (TPSA) is 96.3 Å². The molecular weight excluding hydrogens is 404 g/mol. The number of benzene rings is 1. The Hall–Kier alpha value is -4.40. The molecule has 5 rings (SSSR count). The molecule has 158 valence electrons. The molecule has 0 N–H and O–H groups in total. The molecular formula is C23H20N8O. The van der Waals surface area contributed by atoms with Crippen LogP contribution in [0.25, 0.3) is 28.3 Å². The second-order valence-electron chi connectivity index (χ2n) is 7.49. The summed E-state index contributed by atoms with van der Waals surface area (Å²) in [6.45, 7) is 0. The van der Waals surface area contributed by atoms with Crippen LogP contribution in [0.4, 0.5) is 0 Å². The molecule has 32 heavy (non-hydrogen) atoms. The van der Waals surface area contributed by atoms with E-state index in [4.69, 9.17) is 0 Å². The Morgan fingerprint density at radius 2 is 1.72 bits per heavy atom. The fourth-order valence-corrected chi connectivity index (χ4v) is 3.43. The van der Waals surface area contributed by atoms with Crippen LogP contribution in [0, 0.1) is 0 Å². The van der Waals surface area contributed by atoms with Gasteiger partial charge in [-0.15, -0.1) is 0 Å². The minimum absolute atomic E-state index is 0.105. The zero-order chi connectivity index (χ0) is 22.1. The SMILES string of the molecule is Cn1cc(-n2ccc(=O)c(Cc3cccc(-c4ncc(-c5ccn(C)n5)cn4)c3)n2)cn1. The summed E-state index contributed by atoms with van der Waals surface area (Å²) in [7, 11) is 3.71. The predicted molar refractivity (Wildman–Crippen MR) is 119 cm³/mol. The molecule has 0 saturated carbocycles. The van der Waals surface area contributed by atoms with E-state index in [2.05, 4.69) is 25.3 Å². The molecule has 0 saturated heterocycles. The molecule has 0 bridgehead atoms. The fraction of sp³-hybridized carbons (Fsp3) is 0.130. The summed E-state index contributed by atoms with van der Waals surface area (Å²) in [5.41, 5.74) is 4.66. The minimum atomic E-state index is -0.105. The molecule has 0 aliphatic rings.